The first-order chi connectivity index (χ1) is 9.14. The monoisotopic (exact) mass is 283 g/mol. The number of nitrogens with zero attached hydrogens (tertiary/aromatic N) is 4. The summed E-state index contributed by atoms with van der Waals surface area (Å²) < 4.78 is 25.9. The lowest BCUT2D eigenvalue weighted by atomic mass is 10.2. The second kappa shape index (κ2) is 8.47. The van der Waals surface area contributed by atoms with Gasteiger partial charge in [-0.15, -0.1) is 0 Å². The van der Waals surface area contributed by atoms with Crippen LogP contribution in [0.4, 0.5) is 0 Å². The highest BCUT2D eigenvalue weighted by atomic mass is 32.2. The second-order valence-corrected chi connectivity index (χ2v) is 5.91. The maximum absolute atomic E-state index is 11.7. The van der Waals surface area contributed by atoms with Gasteiger partial charge in [-0.2, -0.15) is 0 Å². The normalized spacial score (nSPS) is 10.9. The lowest BCUT2D eigenvalue weighted by Gasteiger charge is -2.06. The lowest BCUT2D eigenvalue weighted by molar-refractivity contribution is 0.576. The van der Waals surface area contributed by atoms with Crippen LogP contribution in [0.25, 0.3) is 10.4 Å². The summed E-state index contributed by atoms with van der Waals surface area (Å²) in [7, 11) is -3.25. The van der Waals surface area contributed by atoms with E-state index in [0.717, 1.165) is 5.56 Å². The summed E-state index contributed by atoms with van der Waals surface area (Å²) in [4.78, 5) is 6.50. The highest BCUT2D eigenvalue weighted by Crippen LogP contribution is 2.00. The molecular formula is C11H17N5O2S. The van der Waals surface area contributed by atoms with Gasteiger partial charge in [0.15, 0.2) is 0 Å². The van der Waals surface area contributed by atoms with Gasteiger partial charge in [0.05, 0.1) is 5.75 Å². The minimum Gasteiger partial charge on any atom is -0.265 e. The fraction of sp³-hybridized carbons (Fsp3) is 0.545. The number of sulfonamides is 1. The maximum atomic E-state index is 11.7. The van der Waals surface area contributed by atoms with Crippen LogP contribution >= 0.6 is 0 Å². The summed E-state index contributed by atoms with van der Waals surface area (Å²) in [6.45, 7) is 0.773. The molecule has 0 aromatic carbocycles. The molecule has 0 fully saturated rings. The Bertz CT molecular complexity index is 511. The van der Waals surface area contributed by atoms with Gasteiger partial charge in [-0.25, -0.2) is 13.1 Å². The highest BCUT2D eigenvalue weighted by Gasteiger charge is 2.09. The van der Waals surface area contributed by atoms with E-state index in [2.05, 4.69) is 19.7 Å². The molecule has 1 rings (SSSR count). The Morgan fingerprint density at radius 1 is 1.32 bits per heavy atom. The van der Waals surface area contributed by atoms with Gasteiger partial charge in [-0.3, -0.25) is 4.98 Å². The van der Waals surface area contributed by atoms with Crippen molar-refractivity contribution in [1.29, 1.82) is 0 Å². The average Bonchev–Trinajstić information content (AvgIpc) is 2.42. The van der Waals surface area contributed by atoms with Gasteiger partial charge in [0.1, 0.15) is 0 Å². The van der Waals surface area contributed by atoms with Crippen molar-refractivity contribution in [2.24, 2.45) is 5.11 Å². The quantitative estimate of drug-likeness (QED) is 0.322. The summed E-state index contributed by atoms with van der Waals surface area (Å²) >= 11 is 0. The SMILES string of the molecule is [N-]=[N+]=NCCCCNS(=O)(=O)CCc1ccncc1. The van der Waals surface area contributed by atoms with E-state index in [1.54, 1.807) is 24.5 Å². The van der Waals surface area contributed by atoms with Crippen molar-refractivity contribution >= 4 is 10.0 Å². The molecular weight excluding hydrogens is 266 g/mol. The molecule has 1 aromatic rings. The van der Waals surface area contributed by atoms with E-state index in [1.807, 2.05) is 0 Å². The molecule has 0 bridgehead atoms. The number of aryl methyl sites for hydroxylation is 1. The third-order valence-electron chi connectivity index (χ3n) is 2.48. The minimum absolute atomic E-state index is 0.0629. The van der Waals surface area contributed by atoms with Gasteiger partial charge in [0.2, 0.25) is 10.0 Å². The third kappa shape index (κ3) is 7.40. The standard InChI is InChI=1S/C11H17N5O2S/c12-16-14-6-1-2-7-15-19(17,18)10-5-11-3-8-13-9-4-11/h3-4,8-9,15H,1-2,5-7,10H2. The lowest BCUT2D eigenvalue weighted by Crippen LogP contribution is -2.28. The molecule has 8 heteroatoms. The molecule has 0 atom stereocenters. The smallest absolute Gasteiger partial charge is 0.211 e. The van der Waals surface area contributed by atoms with Gasteiger partial charge >= 0.3 is 0 Å². The molecule has 0 amide bonds. The summed E-state index contributed by atoms with van der Waals surface area (Å²) in [5, 5.41) is 3.38. The summed E-state index contributed by atoms with van der Waals surface area (Å²) in [6.07, 6.45) is 5.09. The van der Waals surface area contributed by atoms with E-state index in [1.165, 1.54) is 0 Å². The van der Waals surface area contributed by atoms with Crippen LogP contribution in [0.1, 0.15) is 18.4 Å². The van der Waals surface area contributed by atoms with E-state index in [9.17, 15) is 8.42 Å². The molecule has 1 N–H and O–H groups in total. The average molecular weight is 283 g/mol. The highest BCUT2D eigenvalue weighted by molar-refractivity contribution is 7.89. The van der Waals surface area contributed by atoms with Crippen LogP contribution < -0.4 is 4.72 Å². The van der Waals surface area contributed by atoms with Crippen LogP contribution in [0.2, 0.25) is 0 Å². The number of rotatable bonds is 9. The number of azide groups is 1. The molecule has 0 spiro atoms. The zero-order valence-electron chi connectivity index (χ0n) is 10.6. The van der Waals surface area contributed by atoms with E-state index in [-0.39, 0.29) is 5.75 Å². The van der Waals surface area contributed by atoms with Crippen molar-refractivity contribution in [2.75, 3.05) is 18.8 Å². The van der Waals surface area contributed by atoms with Crippen molar-refractivity contribution in [2.45, 2.75) is 19.3 Å². The first-order valence-electron chi connectivity index (χ1n) is 6.01. The molecule has 0 saturated heterocycles. The van der Waals surface area contributed by atoms with E-state index < -0.39 is 10.0 Å². The Hall–Kier alpha value is -1.63. The maximum Gasteiger partial charge on any atom is 0.211 e. The Kier molecular flexibility index (Phi) is 6.88. The van der Waals surface area contributed by atoms with Crippen molar-refractivity contribution in [3.63, 3.8) is 0 Å². The molecule has 0 unspecified atom stereocenters. The van der Waals surface area contributed by atoms with Crippen LogP contribution in [-0.2, 0) is 16.4 Å². The van der Waals surface area contributed by atoms with E-state index in [0.29, 0.717) is 32.4 Å². The number of hydrogen-bond acceptors (Lipinski definition) is 4. The Morgan fingerprint density at radius 2 is 2.05 bits per heavy atom. The van der Waals surface area contributed by atoms with Crippen LogP contribution in [0, 0.1) is 0 Å². The van der Waals surface area contributed by atoms with Crippen LogP contribution in [0.5, 0.6) is 0 Å². The topological polar surface area (TPSA) is 108 Å². The summed E-state index contributed by atoms with van der Waals surface area (Å²) in [5.41, 5.74) is 9.02. The van der Waals surface area contributed by atoms with Gasteiger partial charge in [-0.05, 0) is 42.5 Å². The Morgan fingerprint density at radius 3 is 2.74 bits per heavy atom. The molecule has 0 aliphatic rings. The minimum atomic E-state index is -3.25. The number of pyridine rings is 1. The zero-order chi connectivity index (χ0) is 14.0. The van der Waals surface area contributed by atoms with Crippen molar-refractivity contribution in [3.8, 4) is 0 Å². The van der Waals surface area contributed by atoms with Crippen LogP contribution in [-0.4, -0.2) is 32.2 Å². The molecule has 0 aliphatic carbocycles. The zero-order valence-corrected chi connectivity index (χ0v) is 11.4. The molecule has 0 aliphatic heterocycles. The number of hydrogen-bond donors (Lipinski definition) is 1. The number of unbranched alkanes of at least 4 members (excludes halogenated alkanes) is 1. The fourth-order valence-electron chi connectivity index (χ4n) is 1.45. The molecule has 104 valence electrons. The predicted molar refractivity (Wildman–Crippen MR) is 73.0 cm³/mol. The Labute approximate surface area is 112 Å². The van der Waals surface area contributed by atoms with Gasteiger partial charge < -0.3 is 0 Å². The van der Waals surface area contributed by atoms with Crippen LogP contribution in [0.15, 0.2) is 29.6 Å². The second-order valence-electron chi connectivity index (χ2n) is 3.98. The Balaban J connectivity index is 2.23. The predicted octanol–water partition coefficient (Wildman–Crippen LogP) is 1.63. The number of nitrogens with one attached hydrogen (secondary N) is 1. The molecule has 7 nitrogen and oxygen atoms in total. The molecule has 0 radical (unpaired) electrons. The largest absolute Gasteiger partial charge is 0.265 e. The van der Waals surface area contributed by atoms with Crippen LogP contribution in [0.3, 0.4) is 0 Å². The molecule has 1 heterocycles. The summed E-state index contributed by atoms with van der Waals surface area (Å²) in [5.74, 6) is 0.0629. The fourth-order valence-corrected chi connectivity index (χ4v) is 2.56. The van der Waals surface area contributed by atoms with Gasteiger partial charge in [0, 0.05) is 30.4 Å². The van der Waals surface area contributed by atoms with E-state index >= 15 is 0 Å². The van der Waals surface area contributed by atoms with Gasteiger partial charge in [-0.1, -0.05) is 5.11 Å². The van der Waals surface area contributed by atoms with E-state index in [4.69, 9.17) is 5.53 Å². The summed E-state index contributed by atoms with van der Waals surface area (Å²) in [6, 6.07) is 3.60. The third-order valence-corrected chi connectivity index (χ3v) is 3.86. The molecule has 0 saturated carbocycles. The van der Waals surface area contributed by atoms with Crippen molar-refractivity contribution < 1.29 is 8.42 Å². The van der Waals surface area contributed by atoms with Gasteiger partial charge in [0.25, 0.3) is 0 Å². The molecule has 19 heavy (non-hydrogen) atoms. The van der Waals surface area contributed by atoms with Crippen molar-refractivity contribution in [3.05, 3.63) is 40.5 Å². The first kappa shape index (κ1) is 15.4. The first-order valence-corrected chi connectivity index (χ1v) is 7.66. The molecule has 1 aromatic heterocycles. The number of aromatic nitrogens is 1. The van der Waals surface area contributed by atoms with Crippen molar-refractivity contribution in [1.82, 2.24) is 9.71 Å².